The van der Waals surface area contributed by atoms with Crippen LogP contribution in [-0.4, -0.2) is 32.2 Å². The van der Waals surface area contributed by atoms with Crippen molar-refractivity contribution in [2.75, 3.05) is 11.9 Å². The highest BCUT2D eigenvalue weighted by Crippen LogP contribution is 2.16. The van der Waals surface area contributed by atoms with Gasteiger partial charge in [0.25, 0.3) is 5.91 Å². The predicted molar refractivity (Wildman–Crippen MR) is 88.1 cm³/mol. The summed E-state index contributed by atoms with van der Waals surface area (Å²) >= 11 is 0. The van der Waals surface area contributed by atoms with Crippen molar-refractivity contribution >= 4 is 22.8 Å². The second-order valence-electron chi connectivity index (χ2n) is 5.30. The number of amides is 1. The summed E-state index contributed by atoms with van der Waals surface area (Å²) in [6, 6.07) is 8.96. The molecule has 118 valence electrons. The molecule has 0 atom stereocenters. The highest BCUT2D eigenvalue weighted by atomic mass is 16.1. The minimum atomic E-state index is -0.235. The third-order valence-corrected chi connectivity index (χ3v) is 3.53. The zero-order valence-corrected chi connectivity index (χ0v) is 12.9. The Morgan fingerprint density at radius 3 is 2.87 bits per heavy atom. The maximum absolute atomic E-state index is 12.3. The molecule has 2 heterocycles. The number of imidazole rings is 1. The number of nitrogens with one attached hydrogen (secondary N) is 1. The molecule has 0 bridgehead atoms. The lowest BCUT2D eigenvalue weighted by Gasteiger charge is -2.05. The van der Waals surface area contributed by atoms with Crippen molar-refractivity contribution in [1.29, 1.82) is 0 Å². The fourth-order valence-corrected chi connectivity index (χ4v) is 2.30. The Kier molecular flexibility index (Phi) is 4.29. The molecular formula is C16H18N6O. The molecule has 7 nitrogen and oxygen atoms in total. The van der Waals surface area contributed by atoms with Crippen molar-refractivity contribution in [2.45, 2.75) is 19.9 Å². The van der Waals surface area contributed by atoms with E-state index in [1.807, 2.05) is 17.6 Å². The number of carbonyl (C=O) groups is 1. The zero-order valence-electron chi connectivity index (χ0n) is 12.9. The van der Waals surface area contributed by atoms with Crippen LogP contribution in [0.15, 0.2) is 36.7 Å². The molecule has 0 aliphatic heterocycles. The van der Waals surface area contributed by atoms with Crippen molar-refractivity contribution in [3.8, 4) is 0 Å². The van der Waals surface area contributed by atoms with Crippen molar-refractivity contribution in [2.24, 2.45) is 5.73 Å². The second kappa shape index (κ2) is 6.53. The van der Waals surface area contributed by atoms with Gasteiger partial charge in [-0.1, -0.05) is 0 Å². The van der Waals surface area contributed by atoms with Gasteiger partial charge < -0.3 is 15.6 Å². The second-order valence-corrected chi connectivity index (χ2v) is 5.30. The van der Waals surface area contributed by atoms with E-state index >= 15 is 0 Å². The molecule has 0 spiro atoms. The number of hydrogen-bond acceptors (Lipinski definition) is 5. The quantitative estimate of drug-likeness (QED) is 0.748. The normalized spacial score (nSPS) is 10.9. The first kappa shape index (κ1) is 15.1. The first-order valence-corrected chi connectivity index (χ1v) is 7.44. The smallest absolute Gasteiger partial charge is 0.256 e. The van der Waals surface area contributed by atoms with Crippen LogP contribution in [0.2, 0.25) is 0 Å². The molecule has 3 N–H and O–H groups in total. The lowest BCUT2D eigenvalue weighted by atomic mass is 10.2. The number of fused-ring (bicyclic) bond motifs is 1. The third kappa shape index (κ3) is 3.35. The van der Waals surface area contributed by atoms with Crippen LogP contribution in [0, 0.1) is 6.92 Å². The fourth-order valence-electron chi connectivity index (χ4n) is 2.30. The Balaban J connectivity index is 1.79. The number of nitrogens with two attached hydrogens (primary N) is 1. The molecule has 3 rings (SSSR count). The maximum atomic E-state index is 12.3. The summed E-state index contributed by atoms with van der Waals surface area (Å²) in [4.78, 5) is 16.6. The van der Waals surface area contributed by atoms with Gasteiger partial charge in [0.2, 0.25) is 0 Å². The summed E-state index contributed by atoms with van der Waals surface area (Å²) in [6.07, 6.45) is 2.66. The van der Waals surface area contributed by atoms with Crippen molar-refractivity contribution < 1.29 is 4.79 Å². The average molecular weight is 310 g/mol. The summed E-state index contributed by atoms with van der Waals surface area (Å²) < 4.78 is 2.04. The van der Waals surface area contributed by atoms with Gasteiger partial charge in [-0.3, -0.25) is 4.79 Å². The Bertz CT molecular complexity index is 824. The first-order valence-electron chi connectivity index (χ1n) is 7.44. The van der Waals surface area contributed by atoms with Crippen molar-refractivity contribution in [3.63, 3.8) is 0 Å². The van der Waals surface area contributed by atoms with Gasteiger partial charge in [-0.2, -0.15) is 5.10 Å². The van der Waals surface area contributed by atoms with Crippen LogP contribution < -0.4 is 11.1 Å². The van der Waals surface area contributed by atoms with E-state index in [9.17, 15) is 4.79 Å². The highest BCUT2D eigenvalue weighted by molar-refractivity contribution is 6.05. The number of carbonyl (C=O) groups excluding carboxylic acids is 1. The number of rotatable bonds is 5. The maximum Gasteiger partial charge on any atom is 0.256 e. The standard InChI is InChI=1S/C16H18N6O/c1-11-3-6-15(21-20-11)19-16(23)12-4-5-14-13(9-12)18-10-22(14)8-2-7-17/h3-6,9-10H,2,7-8,17H2,1H3,(H,19,21,23). The van der Waals surface area contributed by atoms with Crippen LogP contribution >= 0.6 is 0 Å². The summed E-state index contributed by atoms with van der Waals surface area (Å²) in [7, 11) is 0. The summed E-state index contributed by atoms with van der Waals surface area (Å²) in [5.74, 6) is 0.190. The largest absolute Gasteiger partial charge is 0.331 e. The zero-order chi connectivity index (χ0) is 16.2. The van der Waals surface area contributed by atoms with E-state index in [4.69, 9.17) is 5.73 Å². The summed E-state index contributed by atoms with van der Waals surface area (Å²) in [5.41, 5.74) is 8.64. The van der Waals surface area contributed by atoms with Gasteiger partial charge in [0.15, 0.2) is 5.82 Å². The van der Waals surface area contributed by atoms with Gasteiger partial charge in [-0.15, -0.1) is 5.10 Å². The summed E-state index contributed by atoms with van der Waals surface area (Å²) in [5, 5.41) is 10.6. The van der Waals surface area contributed by atoms with Gasteiger partial charge in [-0.05, 0) is 50.2 Å². The number of benzene rings is 1. The van der Waals surface area contributed by atoms with Crippen LogP contribution in [-0.2, 0) is 6.54 Å². The Morgan fingerprint density at radius 2 is 2.13 bits per heavy atom. The molecule has 2 aromatic heterocycles. The number of aryl methyl sites for hydroxylation is 2. The van der Waals surface area contributed by atoms with E-state index < -0.39 is 0 Å². The minimum Gasteiger partial charge on any atom is -0.331 e. The Morgan fingerprint density at radius 1 is 1.26 bits per heavy atom. The van der Waals surface area contributed by atoms with Crippen LogP contribution in [0.3, 0.4) is 0 Å². The van der Waals surface area contributed by atoms with Gasteiger partial charge >= 0.3 is 0 Å². The molecule has 1 aromatic carbocycles. The molecule has 0 radical (unpaired) electrons. The van der Waals surface area contributed by atoms with Crippen molar-refractivity contribution in [1.82, 2.24) is 19.7 Å². The first-order chi connectivity index (χ1) is 11.2. The molecule has 3 aromatic rings. The monoisotopic (exact) mass is 310 g/mol. The van der Waals surface area contributed by atoms with Gasteiger partial charge in [0.1, 0.15) is 0 Å². The Labute approximate surface area is 133 Å². The molecule has 0 unspecified atom stereocenters. The van der Waals surface area contributed by atoms with Crippen LogP contribution in [0.5, 0.6) is 0 Å². The molecule has 0 aliphatic rings. The molecule has 0 aliphatic carbocycles. The van der Waals surface area contributed by atoms with E-state index in [-0.39, 0.29) is 5.91 Å². The van der Waals surface area contributed by atoms with E-state index in [2.05, 4.69) is 20.5 Å². The number of nitrogens with zero attached hydrogens (tertiary/aromatic N) is 4. The number of hydrogen-bond donors (Lipinski definition) is 2. The van der Waals surface area contributed by atoms with E-state index in [1.54, 1.807) is 30.6 Å². The number of aromatic nitrogens is 4. The fraction of sp³-hybridized carbons (Fsp3) is 0.250. The van der Waals surface area contributed by atoms with E-state index in [1.165, 1.54) is 0 Å². The number of anilines is 1. The molecule has 0 fully saturated rings. The van der Waals surface area contributed by atoms with Crippen molar-refractivity contribution in [3.05, 3.63) is 47.9 Å². The van der Waals surface area contributed by atoms with Gasteiger partial charge in [0.05, 0.1) is 23.1 Å². The van der Waals surface area contributed by atoms with Gasteiger partial charge in [0, 0.05) is 12.1 Å². The Hall–Kier alpha value is -2.80. The molecule has 23 heavy (non-hydrogen) atoms. The molecule has 0 saturated heterocycles. The summed E-state index contributed by atoms with van der Waals surface area (Å²) in [6.45, 7) is 3.29. The van der Waals surface area contributed by atoms with Crippen LogP contribution in [0.1, 0.15) is 22.5 Å². The minimum absolute atomic E-state index is 0.235. The lowest BCUT2D eigenvalue weighted by Crippen LogP contribution is -2.13. The average Bonchev–Trinajstić information content (AvgIpc) is 2.97. The van der Waals surface area contributed by atoms with Gasteiger partial charge in [-0.25, -0.2) is 4.98 Å². The topological polar surface area (TPSA) is 98.7 Å². The van der Waals surface area contributed by atoms with E-state index in [0.29, 0.717) is 17.9 Å². The van der Waals surface area contributed by atoms with Crippen LogP contribution in [0.4, 0.5) is 5.82 Å². The predicted octanol–water partition coefficient (Wildman–Crippen LogP) is 1.74. The lowest BCUT2D eigenvalue weighted by molar-refractivity contribution is 0.102. The third-order valence-electron chi connectivity index (χ3n) is 3.53. The molecule has 1 amide bonds. The molecule has 7 heteroatoms. The highest BCUT2D eigenvalue weighted by Gasteiger charge is 2.10. The molecular weight excluding hydrogens is 292 g/mol. The molecule has 0 saturated carbocycles. The van der Waals surface area contributed by atoms with Crippen LogP contribution in [0.25, 0.3) is 11.0 Å². The van der Waals surface area contributed by atoms with E-state index in [0.717, 1.165) is 29.7 Å². The SMILES string of the molecule is Cc1ccc(NC(=O)c2ccc3c(c2)ncn3CCCN)nn1.